The topological polar surface area (TPSA) is 247 Å². The molecule has 0 aromatic rings. The molecule has 25 heteroatoms. The maximum Gasteiger partial charge on any atom is 1.00 e. The molecule has 2 saturated heterocycles. The number of carbonyl (C=O) groups excluding carboxylic acids is 6. The SMILES string of the molecule is C.C#CC[C@H]1CNCCN1C(=O)OC(C)(C)C.CC(C)(C)OC(=O)N1CCN(C(=O)C(F)(F)F)C[C@@H]1CC=O.COP(=O)(OC)C(=[N+]=[N-])C(C)=O.O=CO[O-].[H-].[K+].[K+]. The summed E-state index contributed by atoms with van der Waals surface area (Å²) in [6.07, 6.45) is 0.241. The molecule has 0 saturated carbocycles. The first-order valence-electron chi connectivity index (χ1n) is 15.9. The molecule has 2 fully saturated rings. The molecular formula is C32H54F3K2N6O13P. The minimum atomic E-state index is -4.97. The van der Waals surface area contributed by atoms with Crippen LogP contribution in [0, 0.1) is 12.3 Å². The van der Waals surface area contributed by atoms with Crippen LogP contribution in [-0.2, 0) is 47.2 Å². The molecule has 1 N–H and O–H groups in total. The Morgan fingerprint density at radius 2 is 1.42 bits per heavy atom. The number of terminal acetylenes is 1. The van der Waals surface area contributed by atoms with Gasteiger partial charge in [0.05, 0.1) is 12.1 Å². The van der Waals surface area contributed by atoms with Gasteiger partial charge in [-0.2, -0.15) is 18.0 Å². The summed E-state index contributed by atoms with van der Waals surface area (Å²) in [4.78, 5) is 73.9. The molecular weight excluding hydrogens is 843 g/mol. The van der Waals surface area contributed by atoms with Crippen molar-refractivity contribution >= 4 is 49.7 Å². The van der Waals surface area contributed by atoms with Gasteiger partial charge in [-0.25, -0.2) is 14.2 Å². The van der Waals surface area contributed by atoms with Gasteiger partial charge in [0.1, 0.15) is 17.5 Å². The van der Waals surface area contributed by atoms with Gasteiger partial charge in [0.2, 0.25) is 5.78 Å². The molecule has 0 radical (unpaired) electrons. The smallest absolute Gasteiger partial charge is 1.00 e. The molecule has 2 aliphatic rings. The summed E-state index contributed by atoms with van der Waals surface area (Å²) in [7, 11) is -1.51. The second-order valence-electron chi connectivity index (χ2n) is 13.0. The van der Waals surface area contributed by atoms with Crippen molar-refractivity contribution in [1.29, 1.82) is 0 Å². The van der Waals surface area contributed by atoms with Gasteiger partial charge in [0.25, 0.3) is 6.47 Å². The third-order valence-corrected chi connectivity index (χ3v) is 8.41. The number of hydrogen-bond acceptors (Lipinski definition) is 14. The van der Waals surface area contributed by atoms with Gasteiger partial charge in [0, 0.05) is 73.3 Å². The van der Waals surface area contributed by atoms with Gasteiger partial charge in [-0.3, -0.25) is 14.4 Å². The number of Topliss-reactive ketones (excluding diaryl/α,β-unsaturated/α-hetero) is 1. The predicted molar refractivity (Wildman–Crippen MR) is 189 cm³/mol. The number of nitrogens with one attached hydrogen (secondary N) is 1. The number of hydrogen-bond donors (Lipinski definition) is 1. The molecule has 2 aliphatic heterocycles. The van der Waals surface area contributed by atoms with Crippen LogP contribution < -0.4 is 113 Å². The fourth-order valence-corrected chi connectivity index (χ4v) is 5.29. The van der Waals surface area contributed by atoms with Gasteiger partial charge in [-0.15, -0.1) is 12.3 Å². The van der Waals surface area contributed by atoms with Crippen LogP contribution in [0.25, 0.3) is 5.53 Å². The monoisotopic (exact) mass is 896 g/mol. The first kappa shape index (κ1) is 65.0. The summed E-state index contributed by atoms with van der Waals surface area (Å²) in [5.74, 6) is -0.0323. The van der Waals surface area contributed by atoms with Crippen molar-refractivity contribution in [2.24, 2.45) is 0 Å². The number of rotatable bonds is 8. The van der Waals surface area contributed by atoms with E-state index >= 15 is 0 Å². The van der Waals surface area contributed by atoms with Crippen LogP contribution >= 0.6 is 7.60 Å². The van der Waals surface area contributed by atoms with E-state index in [0.717, 1.165) is 34.2 Å². The molecule has 0 aliphatic carbocycles. The van der Waals surface area contributed by atoms with Crippen molar-refractivity contribution in [2.45, 2.75) is 98.2 Å². The summed E-state index contributed by atoms with van der Waals surface area (Å²) in [5, 5.41) is 11.7. The predicted octanol–water partition coefficient (Wildman–Crippen LogP) is -3.31. The molecule has 0 aromatic heterocycles. The summed E-state index contributed by atoms with van der Waals surface area (Å²) >= 11 is 0. The quantitative estimate of drug-likeness (QED) is 0.0289. The number of amides is 3. The van der Waals surface area contributed by atoms with Crippen molar-refractivity contribution < 1.29 is 184 Å². The van der Waals surface area contributed by atoms with E-state index in [9.17, 15) is 41.7 Å². The fraction of sp³-hybridized carbons (Fsp3) is 0.719. The molecule has 2 heterocycles. The van der Waals surface area contributed by atoms with Gasteiger partial charge in [-0.05, 0) is 41.5 Å². The van der Waals surface area contributed by atoms with Crippen LogP contribution in [0.4, 0.5) is 22.8 Å². The molecule has 2 rings (SSSR count). The van der Waals surface area contributed by atoms with Gasteiger partial charge < -0.3 is 60.4 Å². The van der Waals surface area contributed by atoms with Crippen LogP contribution in [0.5, 0.6) is 0 Å². The molecule has 0 aromatic carbocycles. The summed E-state index contributed by atoms with van der Waals surface area (Å²) in [6.45, 7) is 12.9. The average Bonchev–Trinajstić information content (AvgIpc) is 3.07. The van der Waals surface area contributed by atoms with Crippen molar-refractivity contribution in [3.8, 4) is 12.3 Å². The zero-order valence-electron chi connectivity index (χ0n) is 34.7. The summed E-state index contributed by atoms with van der Waals surface area (Å²) < 4.78 is 68.1. The van der Waals surface area contributed by atoms with E-state index in [-0.39, 0.29) is 156 Å². The van der Waals surface area contributed by atoms with Crippen LogP contribution in [0.3, 0.4) is 0 Å². The number of piperazine rings is 2. The van der Waals surface area contributed by atoms with E-state index in [4.69, 9.17) is 31.5 Å². The molecule has 2 atom stereocenters. The number of halogens is 3. The molecule has 0 spiro atoms. The molecule has 0 unspecified atom stereocenters. The van der Waals surface area contributed by atoms with Gasteiger partial charge in [0.15, 0.2) is 0 Å². The van der Waals surface area contributed by atoms with E-state index in [2.05, 4.69) is 30.0 Å². The van der Waals surface area contributed by atoms with Crippen molar-refractivity contribution in [1.82, 2.24) is 20.0 Å². The van der Waals surface area contributed by atoms with Crippen molar-refractivity contribution in [3.05, 3.63) is 5.53 Å². The number of alkyl halides is 3. The Morgan fingerprint density at radius 3 is 1.74 bits per heavy atom. The van der Waals surface area contributed by atoms with Crippen LogP contribution in [0.15, 0.2) is 0 Å². The Bertz CT molecular complexity index is 1420. The first-order valence-corrected chi connectivity index (χ1v) is 17.5. The minimum Gasteiger partial charge on any atom is -1.00 e. The normalized spacial score (nSPS) is 16.2. The zero-order valence-corrected chi connectivity index (χ0v) is 40.8. The minimum absolute atomic E-state index is 0. The van der Waals surface area contributed by atoms with Crippen LogP contribution in [-0.4, -0.2) is 145 Å². The number of nitrogens with zero attached hydrogens (tertiary/aromatic N) is 5. The van der Waals surface area contributed by atoms with E-state index in [1.54, 1.807) is 25.7 Å². The maximum absolute atomic E-state index is 12.5. The second-order valence-corrected chi connectivity index (χ2v) is 15.1. The third kappa shape index (κ3) is 26.7. The van der Waals surface area contributed by atoms with Gasteiger partial charge in [-0.1, -0.05) is 7.43 Å². The second kappa shape index (κ2) is 31.7. The van der Waals surface area contributed by atoms with Crippen LogP contribution in [0.1, 0.15) is 70.2 Å². The number of aldehydes is 1. The van der Waals surface area contributed by atoms with Crippen molar-refractivity contribution in [2.75, 3.05) is 53.5 Å². The van der Waals surface area contributed by atoms with E-state index < -0.39 is 54.3 Å². The fourth-order valence-electron chi connectivity index (χ4n) is 4.30. The maximum atomic E-state index is 12.5. The zero-order chi connectivity index (χ0) is 42.5. The number of ketones is 1. The summed E-state index contributed by atoms with van der Waals surface area (Å²) in [5.41, 5.74) is 6.51. The number of ether oxygens (including phenoxy) is 2. The van der Waals surface area contributed by atoms with E-state index in [1.165, 1.54) is 4.90 Å². The standard InChI is InChI=1S/C13H19F3N2O4.C12H20N2O2.C5H9N2O4P.CH2O3.CH4.2K.H/c1-12(2,3)22-11(21)18-6-5-17(8-9(18)4-7-19)10(20)13(14,15)16;1-5-6-10-9-13-7-8-14(10)11(15)16-12(2,3)4;1-4(8)5(7-6)12(9,10-2)11-3;2-1-4-3;;;;/h7,9H,4-6,8H2,1-3H3;1,10,13H,6-9H2,2-4H3;1-3H3;1,3H;1H4;;;/q;;;;;2*+1;-1/p-1/t9-;10-;;;;;;/m00....../s1. The van der Waals surface area contributed by atoms with E-state index in [1.807, 2.05) is 20.8 Å². The first-order chi connectivity index (χ1) is 24.8. The molecule has 318 valence electrons. The van der Waals surface area contributed by atoms with Crippen molar-refractivity contribution in [3.63, 3.8) is 0 Å². The Morgan fingerprint density at radius 1 is 0.965 bits per heavy atom. The van der Waals surface area contributed by atoms with Crippen LogP contribution in [0.2, 0.25) is 0 Å². The Kier molecular flexibility index (Phi) is 36.2. The molecule has 19 nitrogen and oxygen atoms in total. The van der Waals surface area contributed by atoms with E-state index in [0.29, 0.717) is 24.2 Å². The molecule has 0 bridgehead atoms. The largest absolute Gasteiger partial charge is 1.00 e. The molecule has 57 heavy (non-hydrogen) atoms. The molecule has 3 amide bonds. The average molecular weight is 897 g/mol. The summed E-state index contributed by atoms with van der Waals surface area (Å²) in [6, 6.07) is -0.777. The Balaban J connectivity index is -0.000000167. The Labute approximate surface area is 418 Å². The number of carbonyl (C=O) groups is 6. The van der Waals surface area contributed by atoms with Gasteiger partial charge >= 0.3 is 140 Å². The Hall–Kier alpha value is -1.11. The third-order valence-electron chi connectivity index (χ3n) is 6.53.